The summed E-state index contributed by atoms with van der Waals surface area (Å²) < 4.78 is 46.6. The van der Waals surface area contributed by atoms with E-state index in [1.807, 2.05) is 0 Å². The molecule has 9 heteroatoms. The Morgan fingerprint density at radius 3 is 2.47 bits per heavy atom. The molecule has 3 aromatic carbocycles. The van der Waals surface area contributed by atoms with Crippen LogP contribution < -0.4 is 14.8 Å². The number of anilines is 2. The molecule has 0 saturated heterocycles. The standard InChI is InChI=1S/C21H19FN2O5S/c1-29-18-4-2-3-17(12-18)24-30(27,28)20-11-15(21(25)26)7-10-19(20)23-13-14-5-8-16(22)9-6-14/h2-12,23-24H,13H2,1H3,(H,25,26). The summed E-state index contributed by atoms with van der Waals surface area (Å²) in [5, 5.41) is 12.2. The summed E-state index contributed by atoms with van der Waals surface area (Å²) in [6, 6.07) is 15.8. The number of benzene rings is 3. The molecule has 0 spiro atoms. The van der Waals surface area contributed by atoms with Gasteiger partial charge in [-0.15, -0.1) is 0 Å². The van der Waals surface area contributed by atoms with Gasteiger partial charge in [0, 0.05) is 12.6 Å². The van der Waals surface area contributed by atoms with Gasteiger partial charge in [0.05, 0.1) is 24.0 Å². The number of carbonyl (C=O) groups is 1. The summed E-state index contributed by atoms with van der Waals surface area (Å²) in [4.78, 5) is 11.1. The number of rotatable bonds is 8. The second kappa shape index (κ2) is 8.83. The van der Waals surface area contributed by atoms with Gasteiger partial charge in [0.25, 0.3) is 10.0 Å². The van der Waals surface area contributed by atoms with Gasteiger partial charge < -0.3 is 15.2 Å². The molecule has 3 rings (SSSR count). The Kier molecular flexibility index (Phi) is 6.22. The van der Waals surface area contributed by atoms with Crippen molar-refractivity contribution in [2.24, 2.45) is 0 Å². The maximum Gasteiger partial charge on any atom is 0.335 e. The van der Waals surface area contributed by atoms with Crippen LogP contribution in [-0.4, -0.2) is 26.6 Å². The lowest BCUT2D eigenvalue weighted by Gasteiger charge is -2.15. The zero-order chi connectivity index (χ0) is 21.7. The van der Waals surface area contributed by atoms with E-state index in [1.54, 1.807) is 30.3 Å². The van der Waals surface area contributed by atoms with Crippen molar-refractivity contribution in [3.63, 3.8) is 0 Å². The largest absolute Gasteiger partial charge is 0.497 e. The number of sulfonamides is 1. The lowest BCUT2D eigenvalue weighted by atomic mass is 10.2. The van der Waals surface area contributed by atoms with Crippen molar-refractivity contribution in [2.75, 3.05) is 17.1 Å². The van der Waals surface area contributed by atoms with Crippen LogP contribution in [0.2, 0.25) is 0 Å². The molecule has 7 nitrogen and oxygen atoms in total. The van der Waals surface area contributed by atoms with Gasteiger partial charge in [0.15, 0.2) is 0 Å². The Bertz CT molecular complexity index is 1160. The zero-order valence-electron chi connectivity index (χ0n) is 15.9. The molecule has 0 atom stereocenters. The van der Waals surface area contributed by atoms with E-state index < -0.39 is 16.0 Å². The van der Waals surface area contributed by atoms with Crippen LogP contribution in [0.4, 0.5) is 15.8 Å². The molecule has 30 heavy (non-hydrogen) atoms. The highest BCUT2D eigenvalue weighted by molar-refractivity contribution is 7.92. The molecule has 0 radical (unpaired) electrons. The SMILES string of the molecule is COc1cccc(NS(=O)(=O)c2cc(C(=O)O)ccc2NCc2ccc(F)cc2)c1. The second-order valence-corrected chi connectivity index (χ2v) is 7.98. The van der Waals surface area contributed by atoms with Crippen LogP contribution >= 0.6 is 0 Å². The molecule has 0 aromatic heterocycles. The van der Waals surface area contributed by atoms with Crippen LogP contribution in [0.15, 0.2) is 71.6 Å². The number of methoxy groups -OCH3 is 1. The molecule has 0 unspecified atom stereocenters. The summed E-state index contributed by atoms with van der Waals surface area (Å²) in [5.74, 6) is -1.17. The molecule has 3 aromatic rings. The van der Waals surface area contributed by atoms with E-state index in [4.69, 9.17) is 4.74 Å². The van der Waals surface area contributed by atoms with Gasteiger partial charge >= 0.3 is 5.97 Å². The highest BCUT2D eigenvalue weighted by Crippen LogP contribution is 2.27. The van der Waals surface area contributed by atoms with Crippen molar-refractivity contribution in [3.05, 3.63) is 83.7 Å². The number of ether oxygens (including phenoxy) is 1. The van der Waals surface area contributed by atoms with Gasteiger partial charge in [0.2, 0.25) is 0 Å². The van der Waals surface area contributed by atoms with E-state index in [1.165, 1.54) is 37.4 Å². The number of nitrogens with one attached hydrogen (secondary N) is 2. The molecule has 3 N–H and O–H groups in total. The van der Waals surface area contributed by atoms with Crippen LogP contribution in [0, 0.1) is 5.82 Å². The molecule has 0 aliphatic heterocycles. The average molecular weight is 430 g/mol. The minimum absolute atomic E-state index is 0.173. The Labute approximate surface area is 173 Å². The zero-order valence-corrected chi connectivity index (χ0v) is 16.7. The van der Waals surface area contributed by atoms with Gasteiger partial charge in [0.1, 0.15) is 16.5 Å². The third-order valence-electron chi connectivity index (χ3n) is 4.24. The summed E-state index contributed by atoms with van der Waals surface area (Å²) in [6.45, 7) is 0.217. The first-order valence-corrected chi connectivity index (χ1v) is 10.3. The van der Waals surface area contributed by atoms with Crippen molar-refractivity contribution >= 4 is 27.4 Å². The van der Waals surface area contributed by atoms with Crippen molar-refractivity contribution < 1.29 is 27.4 Å². The number of aromatic carboxylic acids is 1. The summed E-state index contributed by atoms with van der Waals surface area (Å²) in [6.07, 6.45) is 0. The first-order valence-electron chi connectivity index (χ1n) is 8.81. The predicted molar refractivity (Wildman–Crippen MR) is 111 cm³/mol. The second-order valence-electron chi connectivity index (χ2n) is 6.33. The maximum absolute atomic E-state index is 13.1. The monoisotopic (exact) mass is 430 g/mol. The predicted octanol–water partition coefficient (Wildman–Crippen LogP) is 3.95. The number of halogens is 1. The molecule has 0 aliphatic rings. The van der Waals surface area contributed by atoms with Crippen LogP contribution in [0.3, 0.4) is 0 Å². The normalized spacial score (nSPS) is 11.0. The van der Waals surface area contributed by atoms with Crippen molar-refractivity contribution in [2.45, 2.75) is 11.4 Å². The highest BCUT2D eigenvalue weighted by Gasteiger charge is 2.21. The third-order valence-corrected chi connectivity index (χ3v) is 5.66. The molecule has 0 heterocycles. The van der Waals surface area contributed by atoms with Crippen molar-refractivity contribution in [1.29, 1.82) is 0 Å². The minimum Gasteiger partial charge on any atom is -0.497 e. The number of hydrogen-bond acceptors (Lipinski definition) is 5. The van der Waals surface area contributed by atoms with E-state index in [2.05, 4.69) is 10.0 Å². The van der Waals surface area contributed by atoms with Gasteiger partial charge in [-0.05, 0) is 48.0 Å². The Morgan fingerprint density at radius 1 is 1.07 bits per heavy atom. The molecule has 0 amide bonds. The first kappa shape index (κ1) is 21.1. The third kappa shape index (κ3) is 5.06. The minimum atomic E-state index is -4.13. The lowest BCUT2D eigenvalue weighted by molar-refractivity contribution is 0.0696. The van der Waals surface area contributed by atoms with E-state index >= 15 is 0 Å². The molecule has 0 saturated carbocycles. The number of carboxylic acids is 1. The van der Waals surface area contributed by atoms with Crippen LogP contribution in [-0.2, 0) is 16.6 Å². The number of carboxylic acid groups (broad SMARTS) is 1. The van der Waals surface area contributed by atoms with Crippen molar-refractivity contribution in [1.82, 2.24) is 0 Å². The average Bonchev–Trinajstić information content (AvgIpc) is 2.73. The van der Waals surface area contributed by atoms with E-state index in [-0.39, 0.29) is 34.2 Å². The van der Waals surface area contributed by atoms with Crippen LogP contribution in [0.5, 0.6) is 5.75 Å². The van der Waals surface area contributed by atoms with Gasteiger partial charge in [-0.2, -0.15) is 0 Å². The van der Waals surface area contributed by atoms with E-state index in [0.29, 0.717) is 5.75 Å². The Morgan fingerprint density at radius 2 is 1.80 bits per heavy atom. The van der Waals surface area contributed by atoms with E-state index in [0.717, 1.165) is 11.6 Å². The fraction of sp³-hybridized carbons (Fsp3) is 0.0952. The molecule has 156 valence electrons. The summed E-state index contributed by atoms with van der Waals surface area (Å²) in [5.41, 5.74) is 1.02. The van der Waals surface area contributed by atoms with E-state index in [9.17, 15) is 22.7 Å². The fourth-order valence-corrected chi connectivity index (χ4v) is 3.98. The van der Waals surface area contributed by atoms with Gasteiger partial charge in [-0.25, -0.2) is 17.6 Å². The topological polar surface area (TPSA) is 105 Å². The highest BCUT2D eigenvalue weighted by atomic mass is 32.2. The molecule has 0 fully saturated rings. The van der Waals surface area contributed by atoms with Crippen molar-refractivity contribution in [3.8, 4) is 5.75 Å². The van der Waals surface area contributed by atoms with Gasteiger partial charge in [-0.1, -0.05) is 18.2 Å². The van der Waals surface area contributed by atoms with Crippen LogP contribution in [0.1, 0.15) is 15.9 Å². The quantitative estimate of drug-likeness (QED) is 0.500. The Balaban J connectivity index is 1.94. The maximum atomic E-state index is 13.1. The number of hydrogen-bond donors (Lipinski definition) is 3. The Hall–Kier alpha value is -3.59. The van der Waals surface area contributed by atoms with Crippen LogP contribution in [0.25, 0.3) is 0 Å². The molecule has 0 aliphatic carbocycles. The molecule has 0 bridgehead atoms. The molecular weight excluding hydrogens is 411 g/mol. The molecular formula is C21H19FN2O5S. The smallest absolute Gasteiger partial charge is 0.335 e. The van der Waals surface area contributed by atoms with Gasteiger partial charge in [-0.3, -0.25) is 4.72 Å². The fourth-order valence-electron chi connectivity index (χ4n) is 2.72. The lowest BCUT2D eigenvalue weighted by Crippen LogP contribution is -2.16. The first-order chi connectivity index (χ1) is 14.3. The summed E-state index contributed by atoms with van der Waals surface area (Å²) in [7, 11) is -2.67. The summed E-state index contributed by atoms with van der Waals surface area (Å²) >= 11 is 0.